The predicted molar refractivity (Wildman–Crippen MR) is 96.9 cm³/mol. The summed E-state index contributed by atoms with van der Waals surface area (Å²) in [5, 5.41) is 0. The lowest BCUT2D eigenvalue weighted by Crippen LogP contribution is -1.95. The molecule has 0 fully saturated rings. The van der Waals surface area contributed by atoms with E-state index in [9.17, 15) is 0 Å². The van der Waals surface area contributed by atoms with Crippen molar-refractivity contribution in [3.8, 4) is 0 Å². The van der Waals surface area contributed by atoms with Crippen LogP contribution in [-0.4, -0.2) is 31.4 Å². The molecule has 23 heavy (non-hydrogen) atoms. The number of nitrogens with one attached hydrogen (secondary N) is 2. The fraction of sp³-hybridized carbons (Fsp3) is 0.222. The van der Waals surface area contributed by atoms with E-state index < -0.39 is 0 Å². The minimum absolute atomic E-state index is 0.972. The van der Waals surface area contributed by atoms with Crippen LogP contribution in [0.1, 0.15) is 11.6 Å². The number of aromatic amines is 2. The molecule has 0 aliphatic rings. The van der Waals surface area contributed by atoms with E-state index in [2.05, 4.69) is 32.1 Å². The van der Waals surface area contributed by atoms with Gasteiger partial charge in [-0.15, -0.1) is 0 Å². The number of benzene rings is 2. The molecule has 0 spiro atoms. The molecule has 0 saturated carbocycles. The lowest BCUT2D eigenvalue weighted by molar-refractivity contribution is 0.993. The van der Waals surface area contributed by atoms with Gasteiger partial charge in [0.05, 0.1) is 22.1 Å². The predicted octanol–water partition coefficient (Wildman–Crippen LogP) is 3.96. The Balaban J connectivity index is 1.27. The Bertz CT molecular complexity index is 783. The molecule has 0 atom stereocenters. The molecule has 0 amide bonds. The third kappa shape index (κ3) is 3.24. The van der Waals surface area contributed by atoms with Gasteiger partial charge >= 0.3 is 0 Å². The van der Waals surface area contributed by atoms with Crippen molar-refractivity contribution in [1.82, 2.24) is 19.9 Å². The van der Waals surface area contributed by atoms with Crippen LogP contribution in [-0.2, 0) is 12.8 Å². The number of hydrogen-bond acceptors (Lipinski definition) is 3. The van der Waals surface area contributed by atoms with Crippen molar-refractivity contribution in [3.05, 3.63) is 60.2 Å². The maximum atomic E-state index is 4.61. The van der Waals surface area contributed by atoms with E-state index in [4.69, 9.17) is 0 Å². The first-order valence-corrected chi connectivity index (χ1v) is 8.99. The van der Waals surface area contributed by atoms with Crippen molar-refractivity contribution in [2.75, 3.05) is 11.5 Å². The maximum Gasteiger partial charge on any atom is 0.108 e. The van der Waals surface area contributed by atoms with Gasteiger partial charge < -0.3 is 9.97 Å². The zero-order chi connectivity index (χ0) is 15.5. The lowest BCUT2D eigenvalue weighted by atomic mass is 10.3. The Morgan fingerprint density at radius 3 is 1.65 bits per heavy atom. The topological polar surface area (TPSA) is 57.4 Å². The minimum Gasteiger partial charge on any atom is -0.342 e. The van der Waals surface area contributed by atoms with E-state index in [1.54, 1.807) is 0 Å². The van der Waals surface area contributed by atoms with Crippen LogP contribution in [0.3, 0.4) is 0 Å². The quantitative estimate of drug-likeness (QED) is 0.528. The van der Waals surface area contributed by atoms with Crippen LogP contribution in [0.15, 0.2) is 48.5 Å². The third-order valence-corrected chi connectivity index (χ3v) is 4.83. The molecule has 116 valence electrons. The molecule has 0 radical (unpaired) electrons. The van der Waals surface area contributed by atoms with Gasteiger partial charge in [-0.1, -0.05) is 24.3 Å². The highest BCUT2D eigenvalue weighted by molar-refractivity contribution is 7.99. The number of para-hydroxylation sites is 4. The summed E-state index contributed by atoms with van der Waals surface area (Å²) in [6, 6.07) is 16.3. The van der Waals surface area contributed by atoms with Gasteiger partial charge in [0, 0.05) is 24.3 Å². The normalized spacial score (nSPS) is 11.5. The summed E-state index contributed by atoms with van der Waals surface area (Å²) in [5.74, 6) is 4.28. The summed E-state index contributed by atoms with van der Waals surface area (Å²) in [4.78, 5) is 16.0. The summed E-state index contributed by atoms with van der Waals surface area (Å²) >= 11 is 1.94. The van der Waals surface area contributed by atoms with Crippen LogP contribution < -0.4 is 0 Å². The molecular formula is C18H18N4S. The first-order chi connectivity index (χ1) is 11.4. The van der Waals surface area contributed by atoms with Crippen molar-refractivity contribution >= 4 is 33.8 Å². The molecule has 5 heteroatoms. The van der Waals surface area contributed by atoms with Gasteiger partial charge in [0.2, 0.25) is 0 Å². The average Bonchev–Trinajstić information content (AvgIpc) is 3.17. The van der Waals surface area contributed by atoms with Gasteiger partial charge in [0.15, 0.2) is 0 Å². The summed E-state index contributed by atoms with van der Waals surface area (Å²) in [7, 11) is 0. The average molecular weight is 322 g/mol. The lowest BCUT2D eigenvalue weighted by Gasteiger charge is -1.98. The molecule has 0 unspecified atom stereocenters. The van der Waals surface area contributed by atoms with E-state index in [1.165, 1.54) is 0 Å². The molecule has 0 saturated heterocycles. The summed E-state index contributed by atoms with van der Waals surface area (Å²) in [6.07, 6.45) is 1.94. The van der Waals surface area contributed by atoms with Crippen LogP contribution in [0.5, 0.6) is 0 Å². The standard InChI is InChI=1S/C18H18N4S/c1-2-6-14-13(5-1)19-17(20-14)9-11-23-12-10-18-21-15-7-3-4-8-16(15)22-18/h1-8H,9-12H2,(H,19,20)(H,21,22). The van der Waals surface area contributed by atoms with Gasteiger partial charge in [0.1, 0.15) is 11.6 Å². The fourth-order valence-electron chi connectivity index (χ4n) is 2.69. The molecule has 0 aliphatic carbocycles. The van der Waals surface area contributed by atoms with Crippen molar-refractivity contribution in [3.63, 3.8) is 0 Å². The Morgan fingerprint density at radius 2 is 1.17 bits per heavy atom. The van der Waals surface area contributed by atoms with Crippen molar-refractivity contribution in [2.45, 2.75) is 12.8 Å². The van der Waals surface area contributed by atoms with Crippen molar-refractivity contribution in [1.29, 1.82) is 0 Å². The number of hydrogen-bond donors (Lipinski definition) is 2. The Kier molecular flexibility index (Phi) is 4.03. The van der Waals surface area contributed by atoms with Gasteiger partial charge in [-0.25, -0.2) is 9.97 Å². The van der Waals surface area contributed by atoms with Crippen LogP contribution in [0.2, 0.25) is 0 Å². The van der Waals surface area contributed by atoms with E-state index in [0.717, 1.165) is 58.1 Å². The monoisotopic (exact) mass is 322 g/mol. The molecule has 4 rings (SSSR count). The second-order valence-corrected chi connectivity index (χ2v) is 6.74. The van der Waals surface area contributed by atoms with Crippen LogP contribution in [0.4, 0.5) is 0 Å². The Hall–Kier alpha value is -2.27. The molecule has 2 N–H and O–H groups in total. The maximum absolute atomic E-state index is 4.61. The number of nitrogens with zero attached hydrogens (tertiary/aromatic N) is 2. The van der Waals surface area contributed by atoms with E-state index >= 15 is 0 Å². The number of aromatic nitrogens is 4. The smallest absolute Gasteiger partial charge is 0.108 e. The van der Waals surface area contributed by atoms with E-state index in [0.29, 0.717) is 0 Å². The zero-order valence-electron chi connectivity index (χ0n) is 12.7. The number of rotatable bonds is 6. The molecule has 0 bridgehead atoms. The number of H-pyrrole nitrogens is 2. The van der Waals surface area contributed by atoms with E-state index in [1.807, 2.05) is 48.2 Å². The summed E-state index contributed by atoms with van der Waals surface area (Å²) < 4.78 is 0. The molecular weight excluding hydrogens is 304 g/mol. The molecule has 2 aromatic heterocycles. The molecule has 4 aromatic rings. The highest BCUT2D eigenvalue weighted by Gasteiger charge is 2.04. The zero-order valence-corrected chi connectivity index (χ0v) is 13.6. The molecule has 2 aromatic carbocycles. The number of thioether (sulfide) groups is 1. The van der Waals surface area contributed by atoms with Crippen molar-refractivity contribution in [2.24, 2.45) is 0 Å². The minimum atomic E-state index is 0.972. The first kappa shape index (κ1) is 14.3. The highest BCUT2D eigenvalue weighted by atomic mass is 32.2. The van der Waals surface area contributed by atoms with Gasteiger partial charge in [0.25, 0.3) is 0 Å². The first-order valence-electron chi connectivity index (χ1n) is 7.83. The molecule has 4 nitrogen and oxygen atoms in total. The Labute approximate surface area is 138 Å². The summed E-state index contributed by atoms with van der Waals surface area (Å²) in [5.41, 5.74) is 4.34. The van der Waals surface area contributed by atoms with E-state index in [-0.39, 0.29) is 0 Å². The van der Waals surface area contributed by atoms with Crippen LogP contribution in [0.25, 0.3) is 22.1 Å². The fourth-order valence-corrected chi connectivity index (χ4v) is 3.57. The number of imidazole rings is 2. The highest BCUT2D eigenvalue weighted by Crippen LogP contribution is 2.14. The van der Waals surface area contributed by atoms with Crippen LogP contribution >= 0.6 is 11.8 Å². The summed E-state index contributed by atoms with van der Waals surface area (Å²) in [6.45, 7) is 0. The van der Waals surface area contributed by atoms with Crippen LogP contribution in [0, 0.1) is 0 Å². The number of aryl methyl sites for hydroxylation is 2. The largest absolute Gasteiger partial charge is 0.342 e. The van der Waals surface area contributed by atoms with Crippen molar-refractivity contribution < 1.29 is 0 Å². The Morgan fingerprint density at radius 1 is 0.696 bits per heavy atom. The second kappa shape index (κ2) is 6.46. The second-order valence-electron chi connectivity index (χ2n) is 5.51. The number of fused-ring (bicyclic) bond motifs is 2. The molecule has 2 heterocycles. The van der Waals surface area contributed by atoms with Gasteiger partial charge in [-0.05, 0) is 24.3 Å². The van der Waals surface area contributed by atoms with Gasteiger partial charge in [-0.2, -0.15) is 11.8 Å². The molecule has 0 aliphatic heterocycles. The third-order valence-electron chi connectivity index (χ3n) is 3.84. The van der Waals surface area contributed by atoms with Gasteiger partial charge in [-0.3, -0.25) is 0 Å². The SMILES string of the molecule is c1ccc2[nH]c(CCSCCc3nc4ccccc4[nH]3)nc2c1.